The molecule has 0 bridgehead atoms. The minimum Gasteiger partial charge on any atom is -0.305 e. The summed E-state index contributed by atoms with van der Waals surface area (Å²) in [5.74, 6) is 0.475. The lowest BCUT2D eigenvalue weighted by Gasteiger charge is -2.00. The van der Waals surface area contributed by atoms with Crippen LogP contribution in [0.2, 0.25) is 0 Å². The van der Waals surface area contributed by atoms with Gasteiger partial charge < -0.3 is 4.84 Å². The Balaban J connectivity index is 2.71. The van der Waals surface area contributed by atoms with E-state index in [0.29, 0.717) is 12.5 Å². The number of hydroxylamine groups is 1. The molecule has 1 aromatic heterocycles. The third-order valence-electron chi connectivity index (χ3n) is 1.98. The zero-order chi connectivity index (χ0) is 9.84. The van der Waals surface area contributed by atoms with Gasteiger partial charge in [-0.3, -0.25) is 4.68 Å². The van der Waals surface area contributed by atoms with E-state index in [-0.39, 0.29) is 0 Å². The lowest BCUT2D eigenvalue weighted by atomic mass is 10.1. The van der Waals surface area contributed by atoms with E-state index in [1.807, 2.05) is 11.7 Å². The fourth-order valence-electron chi connectivity index (χ4n) is 1.12. The SMILES string of the molecule is CONCc1cc(C(C)C)nn1C. The van der Waals surface area contributed by atoms with Gasteiger partial charge in [0.15, 0.2) is 0 Å². The molecule has 0 spiro atoms. The molecule has 13 heavy (non-hydrogen) atoms. The molecule has 0 fully saturated rings. The molecule has 0 amide bonds. The summed E-state index contributed by atoms with van der Waals surface area (Å²) in [5, 5.41) is 4.38. The zero-order valence-electron chi connectivity index (χ0n) is 8.66. The van der Waals surface area contributed by atoms with E-state index in [9.17, 15) is 0 Å². The highest BCUT2D eigenvalue weighted by atomic mass is 16.6. The summed E-state index contributed by atoms with van der Waals surface area (Å²) in [4.78, 5) is 4.78. The van der Waals surface area contributed by atoms with Gasteiger partial charge in [0, 0.05) is 7.05 Å². The van der Waals surface area contributed by atoms with Gasteiger partial charge >= 0.3 is 0 Å². The Hall–Kier alpha value is -0.870. The topological polar surface area (TPSA) is 39.1 Å². The number of rotatable bonds is 4. The summed E-state index contributed by atoms with van der Waals surface area (Å²) in [6, 6.07) is 2.09. The average molecular weight is 183 g/mol. The highest BCUT2D eigenvalue weighted by Gasteiger charge is 2.07. The Morgan fingerprint density at radius 2 is 2.31 bits per heavy atom. The second-order valence-corrected chi connectivity index (χ2v) is 3.36. The third kappa shape index (κ3) is 2.54. The van der Waals surface area contributed by atoms with E-state index in [1.54, 1.807) is 7.11 Å². The van der Waals surface area contributed by atoms with Crippen LogP contribution in [0.4, 0.5) is 0 Å². The molecule has 4 heteroatoms. The highest BCUT2D eigenvalue weighted by Crippen LogP contribution is 2.13. The van der Waals surface area contributed by atoms with Crippen molar-refractivity contribution in [2.24, 2.45) is 7.05 Å². The molecule has 1 heterocycles. The first kappa shape index (κ1) is 10.2. The molecule has 0 unspecified atom stereocenters. The van der Waals surface area contributed by atoms with Crippen molar-refractivity contribution in [3.05, 3.63) is 17.5 Å². The quantitative estimate of drug-likeness (QED) is 0.713. The fourth-order valence-corrected chi connectivity index (χ4v) is 1.12. The molecule has 4 nitrogen and oxygen atoms in total. The summed E-state index contributed by atoms with van der Waals surface area (Å²) in [5.41, 5.74) is 5.05. The van der Waals surface area contributed by atoms with Crippen molar-refractivity contribution < 1.29 is 4.84 Å². The van der Waals surface area contributed by atoms with Crippen LogP contribution < -0.4 is 5.48 Å². The van der Waals surface area contributed by atoms with Gasteiger partial charge in [-0.2, -0.15) is 10.6 Å². The van der Waals surface area contributed by atoms with E-state index in [0.717, 1.165) is 11.4 Å². The van der Waals surface area contributed by atoms with E-state index >= 15 is 0 Å². The molecule has 74 valence electrons. The molecule has 0 aromatic carbocycles. The first-order valence-electron chi connectivity index (χ1n) is 4.43. The monoisotopic (exact) mass is 183 g/mol. The second kappa shape index (κ2) is 4.39. The van der Waals surface area contributed by atoms with E-state index in [1.165, 1.54) is 0 Å². The molecule has 0 aliphatic carbocycles. The van der Waals surface area contributed by atoms with Crippen LogP contribution in [0, 0.1) is 0 Å². The smallest absolute Gasteiger partial charge is 0.0653 e. The van der Waals surface area contributed by atoms with Crippen molar-refractivity contribution >= 4 is 0 Å². The predicted octanol–water partition coefficient (Wildman–Crippen LogP) is 1.19. The molecule has 0 aliphatic rings. The molecule has 0 atom stereocenters. The van der Waals surface area contributed by atoms with E-state index in [2.05, 4.69) is 30.5 Å². The minimum atomic E-state index is 0.475. The molecule has 1 aromatic rings. The number of hydrogen-bond acceptors (Lipinski definition) is 3. The summed E-state index contributed by atoms with van der Waals surface area (Å²) in [6.07, 6.45) is 0. The van der Waals surface area contributed by atoms with Crippen LogP contribution in [0.3, 0.4) is 0 Å². The summed E-state index contributed by atoms with van der Waals surface area (Å²) in [6.45, 7) is 4.96. The maximum absolute atomic E-state index is 4.78. The normalized spacial score (nSPS) is 11.2. The van der Waals surface area contributed by atoms with Crippen LogP contribution in [0.15, 0.2) is 6.07 Å². The van der Waals surface area contributed by atoms with Crippen LogP contribution in [0.25, 0.3) is 0 Å². The maximum Gasteiger partial charge on any atom is 0.0653 e. The van der Waals surface area contributed by atoms with Crippen molar-refractivity contribution in [2.45, 2.75) is 26.3 Å². The third-order valence-corrected chi connectivity index (χ3v) is 1.98. The Morgan fingerprint density at radius 1 is 1.62 bits per heavy atom. The van der Waals surface area contributed by atoms with Gasteiger partial charge in [0.25, 0.3) is 0 Å². The highest BCUT2D eigenvalue weighted by molar-refractivity contribution is 5.12. The Kier molecular flexibility index (Phi) is 3.45. The first-order chi connectivity index (χ1) is 6.15. The van der Waals surface area contributed by atoms with Crippen LogP contribution in [0.1, 0.15) is 31.2 Å². The lowest BCUT2D eigenvalue weighted by molar-refractivity contribution is 0.0850. The van der Waals surface area contributed by atoms with Crippen molar-refractivity contribution in [1.29, 1.82) is 0 Å². The molecular weight excluding hydrogens is 166 g/mol. The molecule has 0 saturated carbocycles. The van der Waals surface area contributed by atoms with Gasteiger partial charge in [-0.15, -0.1) is 0 Å². The predicted molar refractivity (Wildman–Crippen MR) is 51.1 cm³/mol. The van der Waals surface area contributed by atoms with Gasteiger partial charge in [-0.1, -0.05) is 13.8 Å². The number of hydrogen-bond donors (Lipinski definition) is 1. The molecule has 0 radical (unpaired) electrons. The molecule has 1 N–H and O–H groups in total. The average Bonchev–Trinajstić information content (AvgIpc) is 2.44. The van der Waals surface area contributed by atoms with Crippen LogP contribution in [-0.2, 0) is 18.4 Å². The molecule has 1 rings (SSSR count). The van der Waals surface area contributed by atoms with Crippen molar-refractivity contribution in [3.8, 4) is 0 Å². The van der Waals surface area contributed by atoms with Crippen LogP contribution >= 0.6 is 0 Å². The number of nitrogens with zero attached hydrogens (tertiary/aromatic N) is 2. The summed E-state index contributed by atoms with van der Waals surface area (Å²) < 4.78 is 1.88. The number of aryl methyl sites for hydroxylation is 1. The maximum atomic E-state index is 4.78. The van der Waals surface area contributed by atoms with Gasteiger partial charge in [-0.05, 0) is 12.0 Å². The molecule has 0 aliphatic heterocycles. The fraction of sp³-hybridized carbons (Fsp3) is 0.667. The van der Waals surface area contributed by atoms with Crippen LogP contribution in [-0.4, -0.2) is 16.9 Å². The first-order valence-corrected chi connectivity index (χ1v) is 4.43. The Labute approximate surface area is 78.8 Å². The standard InChI is InChI=1S/C9H17N3O/c1-7(2)9-5-8(6-10-13-4)12(3)11-9/h5,7,10H,6H2,1-4H3. The van der Waals surface area contributed by atoms with Gasteiger partial charge in [0.05, 0.1) is 25.0 Å². The largest absolute Gasteiger partial charge is 0.305 e. The summed E-state index contributed by atoms with van der Waals surface area (Å²) in [7, 11) is 3.55. The second-order valence-electron chi connectivity index (χ2n) is 3.36. The van der Waals surface area contributed by atoms with Crippen LogP contribution in [0.5, 0.6) is 0 Å². The molecular formula is C9H17N3O. The zero-order valence-corrected chi connectivity index (χ0v) is 8.66. The van der Waals surface area contributed by atoms with E-state index < -0.39 is 0 Å². The van der Waals surface area contributed by atoms with Crippen molar-refractivity contribution in [3.63, 3.8) is 0 Å². The van der Waals surface area contributed by atoms with Gasteiger partial charge in [-0.25, -0.2) is 0 Å². The summed E-state index contributed by atoms with van der Waals surface area (Å²) >= 11 is 0. The van der Waals surface area contributed by atoms with Crippen molar-refractivity contribution in [1.82, 2.24) is 15.3 Å². The Bertz CT molecular complexity index is 268. The minimum absolute atomic E-state index is 0.475. The van der Waals surface area contributed by atoms with E-state index in [4.69, 9.17) is 4.84 Å². The molecule has 0 saturated heterocycles. The number of aromatic nitrogens is 2. The van der Waals surface area contributed by atoms with Gasteiger partial charge in [0.2, 0.25) is 0 Å². The van der Waals surface area contributed by atoms with Crippen molar-refractivity contribution in [2.75, 3.05) is 7.11 Å². The Morgan fingerprint density at radius 3 is 2.77 bits per heavy atom. The van der Waals surface area contributed by atoms with Gasteiger partial charge in [0.1, 0.15) is 0 Å². The number of nitrogens with one attached hydrogen (secondary N) is 1. The lowest BCUT2D eigenvalue weighted by Crippen LogP contribution is -2.13.